The Balaban J connectivity index is 2.41. The van der Waals surface area contributed by atoms with Crippen LogP contribution in [0.2, 0.25) is 0 Å². The first-order chi connectivity index (χ1) is 13.8. The standard InChI is InChI=1S/C17H20N4O7S/c1-9(22)25-8-13-15(26-10(2)23)14(20-21-18)16(27-11(3)24)17(28-13)29-12-4-6-19-7-5-12/h4-7,13-17H,8H2,1-3H3/t13-,14+,15+,16-,17-/m1/s1. The number of nitrogens with zero attached hydrogens (tertiary/aromatic N) is 4. The minimum absolute atomic E-state index is 0.245. The zero-order valence-corrected chi connectivity index (χ0v) is 16.8. The average molecular weight is 424 g/mol. The van der Waals surface area contributed by atoms with Gasteiger partial charge < -0.3 is 18.9 Å². The summed E-state index contributed by atoms with van der Waals surface area (Å²) in [6, 6.07) is 2.35. The summed E-state index contributed by atoms with van der Waals surface area (Å²) < 4.78 is 21.6. The maximum Gasteiger partial charge on any atom is 0.303 e. The Hall–Kier alpha value is -2.82. The van der Waals surface area contributed by atoms with Gasteiger partial charge in [0.1, 0.15) is 36.4 Å². The lowest BCUT2D eigenvalue weighted by molar-refractivity contribution is -0.201. The maximum atomic E-state index is 11.7. The number of esters is 3. The number of carbonyl (C=O) groups is 3. The first-order valence-electron chi connectivity index (χ1n) is 8.56. The molecule has 0 spiro atoms. The van der Waals surface area contributed by atoms with Gasteiger partial charge in [-0.2, -0.15) is 0 Å². The van der Waals surface area contributed by atoms with E-state index in [4.69, 9.17) is 24.5 Å². The molecule has 156 valence electrons. The first-order valence-corrected chi connectivity index (χ1v) is 9.44. The van der Waals surface area contributed by atoms with E-state index < -0.39 is 47.7 Å². The first kappa shape index (κ1) is 22.5. The van der Waals surface area contributed by atoms with Crippen LogP contribution in [0.4, 0.5) is 0 Å². The number of hydrogen-bond acceptors (Lipinski definition) is 10. The monoisotopic (exact) mass is 424 g/mol. The second-order valence-corrected chi connectivity index (χ2v) is 7.16. The van der Waals surface area contributed by atoms with E-state index in [2.05, 4.69) is 15.0 Å². The van der Waals surface area contributed by atoms with Gasteiger partial charge >= 0.3 is 17.9 Å². The van der Waals surface area contributed by atoms with Gasteiger partial charge in [0, 0.05) is 43.0 Å². The molecule has 12 heteroatoms. The summed E-state index contributed by atoms with van der Waals surface area (Å²) >= 11 is 1.20. The molecular formula is C17H20N4O7S. The quantitative estimate of drug-likeness (QED) is 0.210. The minimum Gasteiger partial charge on any atom is -0.463 e. The molecule has 5 atom stereocenters. The highest BCUT2D eigenvalue weighted by Gasteiger charge is 2.50. The molecule has 1 aliphatic heterocycles. The van der Waals surface area contributed by atoms with Crippen molar-refractivity contribution in [1.82, 2.24) is 4.98 Å². The van der Waals surface area contributed by atoms with Gasteiger partial charge in [-0.05, 0) is 17.7 Å². The van der Waals surface area contributed by atoms with Gasteiger partial charge in [-0.15, -0.1) is 0 Å². The number of thioether (sulfide) groups is 1. The third-order valence-corrected chi connectivity index (χ3v) is 4.91. The minimum atomic E-state index is -1.12. The van der Waals surface area contributed by atoms with Crippen molar-refractivity contribution in [3.8, 4) is 0 Å². The molecule has 11 nitrogen and oxygen atoms in total. The van der Waals surface area contributed by atoms with E-state index in [1.54, 1.807) is 24.5 Å². The van der Waals surface area contributed by atoms with Crippen LogP contribution in [0.5, 0.6) is 0 Å². The van der Waals surface area contributed by atoms with Crippen molar-refractivity contribution in [2.24, 2.45) is 5.11 Å². The van der Waals surface area contributed by atoms with Crippen LogP contribution in [0.15, 0.2) is 34.5 Å². The molecule has 0 N–H and O–H groups in total. The second-order valence-electron chi connectivity index (χ2n) is 5.99. The SMILES string of the molecule is CC(=O)OC[C@H]1O[C@H](Sc2ccncc2)[C@H](OC(C)=O)[C@@H](N=[N+]=[N-])[C@H]1OC(C)=O. The topological polar surface area (TPSA) is 150 Å². The van der Waals surface area contributed by atoms with Gasteiger partial charge in [0.25, 0.3) is 0 Å². The third-order valence-electron chi connectivity index (χ3n) is 3.76. The molecule has 0 saturated carbocycles. The zero-order chi connectivity index (χ0) is 21.4. The number of rotatable bonds is 7. The van der Waals surface area contributed by atoms with Crippen molar-refractivity contribution < 1.29 is 33.3 Å². The Labute approximate surface area is 170 Å². The van der Waals surface area contributed by atoms with Crippen LogP contribution in [0, 0.1) is 0 Å². The van der Waals surface area contributed by atoms with E-state index in [1.165, 1.54) is 32.5 Å². The predicted octanol–water partition coefficient (Wildman–Crippen LogP) is 2.00. The molecule has 0 radical (unpaired) electrons. The number of ether oxygens (including phenoxy) is 4. The van der Waals surface area contributed by atoms with Gasteiger partial charge in [-0.25, -0.2) is 0 Å². The second kappa shape index (κ2) is 10.6. The lowest BCUT2D eigenvalue weighted by Gasteiger charge is -2.43. The van der Waals surface area contributed by atoms with E-state index in [1.807, 2.05) is 0 Å². The van der Waals surface area contributed by atoms with Gasteiger partial charge in [-0.1, -0.05) is 16.9 Å². The largest absolute Gasteiger partial charge is 0.463 e. The van der Waals surface area contributed by atoms with Crippen molar-refractivity contribution in [1.29, 1.82) is 0 Å². The number of pyridine rings is 1. The molecule has 1 fully saturated rings. The summed E-state index contributed by atoms with van der Waals surface area (Å²) in [6.07, 6.45) is 0.0365. The molecule has 1 aliphatic rings. The summed E-state index contributed by atoms with van der Waals surface area (Å²) in [5.74, 6) is -1.85. The molecule has 0 bridgehead atoms. The highest BCUT2D eigenvalue weighted by atomic mass is 32.2. The average Bonchev–Trinajstić information content (AvgIpc) is 2.65. The fourth-order valence-corrected chi connectivity index (χ4v) is 3.82. The van der Waals surface area contributed by atoms with E-state index in [0.717, 1.165) is 4.90 Å². The lowest BCUT2D eigenvalue weighted by Crippen LogP contribution is -2.59. The van der Waals surface area contributed by atoms with E-state index >= 15 is 0 Å². The van der Waals surface area contributed by atoms with Crippen molar-refractivity contribution >= 4 is 29.7 Å². The molecule has 1 saturated heterocycles. The van der Waals surface area contributed by atoms with Crippen LogP contribution >= 0.6 is 11.8 Å². The molecule has 0 aromatic carbocycles. The fraction of sp³-hybridized carbons (Fsp3) is 0.529. The molecule has 1 aromatic heterocycles. The van der Waals surface area contributed by atoms with Gasteiger partial charge in [0.15, 0.2) is 0 Å². The van der Waals surface area contributed by atoms with Crippen LogP contribution in [-0.4, -0.2) is 59.3 Å². The van der Waals surface area contributed by atoms with Crippen molar-refractivity contribution in [3.63, 3.8) is 0 Å². The summed E-state index contributed by atoms with van der Waals surface area (Å²) in [6.45, 7) is 3.35. The third kappa shape index (κ3) is 6.63. The number of carbonyl (C=O) groups excluding carboxylic acids is 3. The van der Waals surface area contributed by atoms with Gasteiger partial charge in [-0.3, -0.25) is 19.4 Å². The lowest BCUT2D eigenvalue weighted by atomic mass is 9.97. The molecule has 0 amide bonds. The Kier molecular flexibility index (Phi) is 8.25. The highest BCUT2D eigenvalue weighted by Crippen LogP contribution is 2.37. The fourth-order valence-electron chi connectivity index (χ4n) is 2.72. The van der Waals surface area contributed by atoms with Crippen molar-refractivity contribution in [2.75, 3.05) is 6.61 Å². The Bertz CT molecular complexity index is 787. The Morgan fingerprint density at radius 1 is 1.14 bits per heavy atom. The number of aromatic nitrogens is 1. The van der Waals surface area contributed by atoms with E-state index in [0.29, 0.717) is 0 Å². The maximum absolute atomic E-state index is 11.7. The zero-order valence-electron chi connectivity index (χ0n) is 16.0. The number of azide groups is 1. The van der Waals surface area contributed by atoms with Crippen LogP contribution in [0.25, 0.3) is 10.4 Å². The van der Waals surface area contributed by atoms with E-state index in [9.17, 15) is 14.4 Å². The van der Waals surface area contributed by atoms with Crippen molar-refractivity contribution in [3.05, 3.63) is 35.0 Å². The molecule has 1 aromatic rings. The Morgan fingerprint density at radius 2 is 1.76 bits per heavy atom. The van der Waals surface area contributed by atoms with Crippen LogP contribution in [0.1, 0.15) is 20.8 Å². The number of hydrogen-bond donors (Lipinski definition) is 0. The van der Waals surface area contributed by atoms with E-state index in [-0.39, 0.29) is 6.61 Å². The van der Waals surface area contributed by atoms with Crippen LogP contribution in [-0.2, 0) is 33.3 Å². The Morgan fingerprint density at radius 3 is 2.31 bits per heavy atom. The van der Waals surface area contributed by atoms with Crippen LogP contribution < -0.4 is 0 Å². The van der Waals surface area contributed by atoms with Gasteiger partial charge in [0.05, 0.1) is 0 Å². The summed E-state index contributed by atoms with van der Waals surface area (Å²) in [5, 5.41) is 3.70. The normalized spacial score (nSPS) is 26.0. The molecular weight excluding hydrogens is 404 g/mol. The molecule has 2 heterocycles. The summed E-state index contributed by atoms with van der Waals surface area (Å²) in [7, 11) is 0. The predicted molar refractivity (Wildman–Crippen MR) is 99.4 cm³/mol. The van der Waals surface area contributed by atoms with Crippen molar-refractivity contribution in [2.45, 2.75) is 55.5 Å². The molecule has 0 unspecified atom stereocenters. The van der Waals surface area contributed by atoms with Crippen LogP contribution in [0.3, 0.4) is 0 Å². The van der Waals surface area contributed by atoms with Gasteiger partial charge in [0.2, 0.25) is 0 Å². The molecule has 29 heavy (non-hydrogen) atoms. The summed E-state index contributed by atoms with van der Waals surface area (Å²) in [4.78, 5) is 42.0. The molecule has 2 rings (SSSR count). The smallest absolute Gasteiger partial charge is 0.303 e. The highest BCUT2D eigenvalue weighted by molar-refractivity contribution is 7.99. The molecule has 0 aliphatic carbocycles. The summed E-state index contributed by atoms with van der Waals surface area (Å²) in [5.41, 5.74) is 8.21.